The monoisotopic (exact) mass is 876 g/mol. The maximum Gasteiger partial charge on any atom is 0.419 e. The van der Waals surface area contributed by atoms with Crippen molar-refractivity contribution in [3.05, 3.63) is 63.6 Å². The Labute approximate surface area is 371 Å². The second-order valence-corrected chi connectivity index (χ2v) is 17.3. The van der Waals surface area contributed by atoms with Gasteiger partial charge in [-0.1, -0.05) is 52.0 Å². The van der Waals surface area contributed by atoms with E-state index in [-0.39, 0.29) is 50.1 Å². The lowest BCUT2D eigenvalue weighted by Gasteiger charge is -2.38. The maximum atomic E-state index is 13.7. The molecule has 0 spiro atoms. The first-order valence-electron chi connectivity index (χ1n) is 22.4. The van der Waals surface area contributed by atoms with Gasteiger partial charge in [0.2, 0.25) is 5.91 Å². The smallest absolute Gasteiger partial charge is 0.419 e. The van der Waals surface area contributed by atoms with Crippen LogP contribution in [0.4, 0.5) is 15.3 Å². The summed E-state index contributed by atoms with van der Waals surface area (Å²) in [5.41, 5.74) is 4.68. The summed E-state index contributed by atoms with van der Waals surface area (Å²) in [6, 6.07) is 11.4. The first-order valence-corrected chi connectivity index (χ1v) is 22.4. The van der Waals surface area contributed by atoms with Crippen LogP contribution in [0.3, 0.4) is 0 Å². The molecule has 16 nitrogen and oxygen atoms in total. The molecular formula is C47H69N7O9. The van der Waals surface area contributed by atoms with E-state index in [2.05, 4.69) is 24.1 Å². The molecule has 346 valence electrons. The van der Waals surface area contributed by atoms with E-state index in [1.165, 1.54) is 4.57 Å². The molecule has 2 aromatic carbocycles. The predicted octanol–water partition coefficient (Wildman–Crippen LogP) is 5.82. The van der Waals surface area contributed by atoms with E-state index >= 15 is 0 Å². The van der Waals surface area contributed by atoms with Gasteiger partial charge in [0.15, 0.2) is 11.7 Å². The summed E-state index contributed by atoms with van der Waals surface area (Å²) in [5, 5.41) is 3.03. The summed E-state index contributed by atoms with van der Waals surface area (Å²) in [6.07, 6.45) is 5.19. The van der Waals surface area contributed by atoms with E-state index in [1.807, 2.05) is 54.1 Å². The average molecular weight is 876 g/mol. The number of para-hydroxylation sites is 1. The third-order valence-electron chi connectivity index (χ3n) is 12.6. The van der Waals surface area contributed by atoms with Crippen molar-refractivity contribution in [3.63, 3.8) is 0 Å². The molecule has 0 unspecified atom stereocenters. The molecule has 3 saturated heterocycles. The molecule has 0 aliphatic carbocycles. The van der Waals surface area contributed by atoms with E-state index in [0.717, 1.165) is 80.7 Å². The number of nitrogens with zero attached hydrogens (tertiary/aromatic N) is 6. The lowest BCUT2D eigenvalue weighted by atomic mass is 9.99. The van der Waals surface area contributed by atoms with Crippen molar-refractivity contribution in [1.29, 1.82) is 0 Å². The fourth-order valence-electron chi connectivity index (χ4n) is 8.64. The third-order valence-corrected chi connectivity index (χ3v) is 12.6. The van der Waals surface area contributed by atoms with Crippen LogP contribution < -0.4 is 11.1 Å². The Kier molecular flexibility index (Phi) is 17.6. The minimum Gasteiger partial charge on any atom is -0.466 e. The highest BCUT2D eigenvalue weighted by atomic mass is 16.6. The van der Waals surface area contributed by atoms with Crippen molar-refractivity contribution in [3.8, 4) is 0 Å². The van der Waals surface area contributed by atoms with Crippen LogP contribution in [-0.4, -0.2) is 144 Å². The Morgan fingerprint density at radius 1 is 0.857 bits per heavy atom. The van der Waals surface area contributed by atoms with Crippen LogP contribution in [0.1, 0.15) is 89.3 Å². The number of piperazine rings is 1. The predicted molar refractivity (Wildman–Crippen MR) is 242 cm³/mol. The number of hydrogen-bond donors (Lipinski definition) is 1. The van der Waals surface area contributed by atoms with Crippen LogP contribution in [0.15, 0.2) is 45.6 Å². The normalized spacial score (nSPS) is 18.0. The summed E-state index contributed by atoms with van der Waals surface area (Å²) in [6.45, 7) is 12.4. The number of piperidine rings is 2. The minimum atomic E-state index is -1.02. The van der Waals surface area contributed by atoms with E-state index in [4.69, 9.17) is 13.9 Å². The van der Waals surface area contributed by atoms with E-state index in [1.54, 1.807) is 22.9 Å². The second kappa shape index (κ2) is 22.8. The number of oxazole rings is 1. The van der Waals surface area contributed by atoms with Crippen molar-refractivity contribution < 1.29 is 37.9 Å². The highest BCUT2D eigenvalue weighted by molar-refractivity contribution is 5.91. The van der Waals surface area contributed by atoms with Gasteiger partial charge >= 0.3 is 23.8 Å². The number of fused-ring (bicyclic) bond motifs is 2. The van der Waals surface area contributed by atoms with E-state index in [0.29, 0.717) is 75.6 Å². The summed E-state index contributed by atoms with van der Waals surface area (Å²) >= 11 is 0. The molecule has 16 heteroatoms. The van der Waals surface area contributed by atoms with Gasteiger partial charge < -0.3 is 43.7 Å². The number of nitrogens with one attached hydrogen (secondary N) is 1. The lowest BCUT2D eigenvalue weighted by molar-refractivity contribution is -0.146. The van der Waals surface area contributed by atoms with Crippen molar-refractivity contribution >= 4 is 46.7 Å². The number of likely N-dealkylation sites (tertiary alicyclic amines) is 2. The molecule has 5 amide bonds. The molecule has 1 aromatic heterocycles. The average Bonchev–Trinajstić information content (AvgIpc) is 3.44. The Morgan fingerprint density at radius 3 is 2.24 bits per heavy atom. The van der Waals surface area contributed by atoms with Crippen LogP contribution >= 0.6 is 0 Å². The lowest BCUT2D eigenvalue weighted by Crippen LogP contribution is -2.53. The molecule has 4 aliphatic heterocycles. The van der Waals surface area contributed by atoms with Gasteiger partial charge in [-0.2, -0.15) is 0 Å². The molecule has 1 N–H and O–H groups in total. The van der Waals surface area contributed by atoms with Gasteiger partial charge in [-0.05, 0) is 87.2 Å². The van der Waals surface area contributed by atoms with Crippen LogP contribution in [-0.2, 0) is 43.7 Å². The second-order valence-electron chi connectivity index (χ2n) is 17.3. The Bertz CT molecular complexity index is 2090. The van der Waals surface area contributed by atoms with Gasteiger partial charge in [0.1, 0.15) is 0 Å². The number of benzene rings is 2. The van der Waals surface area contributed by atoms with Crippen molar-refractivity contribution in [2.45, 2.75) is 105 Å². The zero-order valence-electron chi connectivity index (χ0n) is 37.2. The van der Waals surface area contributed by atoms with Gasteiger partial charge in [-0.25, -0.2) is 14.4 Å². The van der Waals surface area contributed by atoms with Crippen molar-refractivity contribution in [2.75, 3.05) is 77.9 Å². The maximum absolute atomic E-state index is 13.7. The summed E-state index contributed by atoms with van der Waals surface area (Å²) in [7, 11) is 3.67. The highest BCUT2D eigenvalue weighted by Gasteiger charge is 2.35. The standard InChI is InChI=1S/C32H40N6O6.C14H25NO3.CH4/c1-21-18-22(19-26-28(21)35(3)31(41)43-26)20-27(29(39)36-16-14-34(2)15-17-36)44-32(42)37-11-9-24(10-12-37)38-13-8-23-6-4-5-7-25(23)33-30(38)40;1-3-4-11-18-14(17)6-5-13(16)15-9-7-12(2)8-10-15;/h4-7,18-19,24,27H,8-17,20H2,1-3H3,(H,33,40);12H,3-11H2,1-2H3;1H4/t27-;;/m1../s1. The number of ether oxygens (including phenoxy) is 2. The molecule has 63 heavy (non-hydrogen) atoms. The zero-order valence-corrected chi connectivity index (χ0v) is 37.2. The first-order chi connectivity index (χ1) is 29.8. The van der Waals surface area contributed by atoms with Gasteiger partial charge in [0, 0.05) is 90.5 Å². The van der Waals surface area contributed by atoms with Gasteiger partial charge in [-0.3, -0.25) is 19.0 Å². The van der Waals surface area contributed by atoms with Crippen LogP contribution in [0.25, 0.3) is 11.1 Å². The Hall–Kier alpha value is -5.38. The Morgan fingerprint density at radius 2 is 1.54 bits per heavy atom. The number of aromatic nitrogens is 1. The third kappa shape index (κ3) is 12.9. The molecule has 3 fully saturated rings. The number of aryl methyl sites for hydroxylation is 2. The molecule has 7 rings (SSSR count). The largest absolute Gasteiger partial charge is 0.466 e. The zero-order chi connectivity index (χ0) is 44.3. The quantitative estimate of drug-likeness (QED) is 0.183. The van der Waals surface area contributed by atoms with Crippen molar-refractivity contribution in [1.82, 2.24) is 29.1 Å². The number of likely N-dealkylation sites (N-methyl/N-ethyl adjacent to an activating group) is 1. The SMILES string of the molecule is C.CCCCOC(=O)CCC(=O)N1CCC(C)CC1.Cc1cc(C[C@@H](OC(=O)N2CCC(N3CCc4ccccc4NC3=O)CC2)C(=O)N2CCN(C)CC2)cc2oc(=O)n(C)c12. The fraction of sp³-hybridized carbons (Fsp3) is 0.617. The Balaban J connectivity index is 0.000000333. The van der Waals surface area contributed by atoms with Crippen molar-refractivity contribution in [2.24, 2.45) is 13.0 Å². The summed E-state index contributed by atoms with van der Waals surface area (Å²) in [5.74, 6) is -0.124. The number of carbonyl (C=O) groups is 5. The number of rotatable bonds is 11. The number of unbranched alkanes of at least 4 members (excludes halogenated alkanes) is 1. The molecule has 0 bridgehead atoms. The van der Waals surface area contributed by atoms with Crippen LogP contribution in [0, 0.1) is 12.8 Å². The molecule has 5 heterocycles. The molecule has 0 radical (unpaired) electrons. The number of carbonyl (C=O) groups excluding carboxylic acids is 5. The van der Waals surface area contributed by atoms with E-state index in [9.17, 15) is 28.8 Å². The molecule has 0 saturated carbocycles. The molecular weight excluding hydrogens is 807 g/mol. The molecule has 4 aliphatic rings. The summed E-state index contributed by atoms with van der Waals surface area (Å²) in [4.78, 5) is 84.9. The molecule has 1 atom stereocenters. The highest BCUT2D eigenvalue weighted by Crippen LogP contribution is 2.26. The van der Waals surface area contributed by atoms with Crippen LogP contribution in [0.2, 0.25) is 0 Å². The number of esters is 1. The summed E-state index contributed by atoms with van der Waals surface area (Å²) < 4.78 is 17.9. The number of amides is 5. The van der Waals surface area contributed by atoms with Crippen LogP contribution in [0.5, 0.6) is 0 Å². The van der Waals surface area contributed by atoms with Gasteiger partial charge in [0.25, 0.3) is 5.91 Å². The number of urea groups is 1. The number of anilines is 1. The minimum absolute atomic E-state index is 0. The number of hydrogen-bond acceptors (Lipinski definition) is 10. The topological polar surface area (TPSA) is 167 Å². The van der Waals surface area contributed by atoms with Gasteiger partial charge in [0.05, 0.1) is 18.5 Å². The van der Waals surface area contributed by atoms with E-state index < -0.39 is 18.0 Å². The molecule has 3 aromatic rings. The fourth-order valence-corrected chi connectivity index (χ4v) is 8.64. The first kappa shape index (κ1) is 48.6. The van der Waals surface area contributed by atoms with Gasteiger partial charge in [-0.15, -0.1) is 0 Å².